The lowest BCUT2D eigenvalue weighted by atomic mass is 10.1. The topological polar surface area (TPSA) is 26.3 Å². The molecular weight excluding hydrogens is 199 g/mol. The van der Waals surface area contributed by atoms with Gasteiger partial charge in [-0.1, -0.05) is 43.6 Å². The van der Waals surface area contributed by atoms with E-state index in [0.29, 0.717) is 0 Å². The van der Waals surface area contributed by atoms with E-state index in [4.69, 9.17) is 23.2 Å². The average Bonchev–Trinajstić information content (AvgIpc) is 1.85. The van der Waals surface area contributed by atoms with Gasteiger partial charge in [-0.15, -0.1) is 0 Å². The molecule has 2 nitrogen and oxygen atoms in total. The van der Waals surface area contributed by atoms with Crippen molar-refractivity contribution in [3.63, 3.8) is 0 Å². The Labute approximate surface area is 82.5 Å². The smallest absolute Gasteiger partial charge is 0.307 e. The second kappa shape index (κ2) is 4.15. The fourth-order valence-electron chi connectivity index (χ4n) is 0.564. The summed E-state index contributed by atoms with van der Waals surface area (Å²) in [5.41, 5.74) is 0. The average molecular weight is 211 g/mol. The van der Waals surface area contributed by atoms with Gasteiger partial charge in [0.2, 0.25) is 0 Å². The van der Waals surface area contributed by atoms with E-state index in [1.54, 1.807) is 0 Å². The van der Waals surface area contributed by atoms with Gasteiger partial charge >= 0.3 is 5.97 Å². The molecule has 0 unspecified atom stereocenters. The predicted molar refractivity (Wildman–Crippen MR) is 50.2 cm³/mol. The molecule has 4 heteroatoms. The van der Waals surface area contributed by atoms with E-state index in [2.05, 4.69) is 11.3 Å². The van der Waals surface area contributed by atoms with Crippen LogP contribution in [0, 0.1) is 5.92 Å². The number of allylic oxidation sites excluding steroid dienone is 1. The van der Waals surface area contributed by atoms with Crippen LogP contribution in [0.4, 0.5) is 0 Å². The van der Waals surface area contributed by atoms with E-state index in [-0.39, 0.29) is 11.7 Å². The summed E-state index contributed by atoms with van der Waals surface area (Å²) in [5, 5.41) is 0. The fraction of sp³-hybridized carbons (Fsp3) is 0.625. The Bertz CT molecular complexity index is 197. The van der Waals surface area contributed by atoms with Crippen LogP contribution in [0.15, 0.2) is 12.3 Å². The van der Waals surface area contributed by atoms with Crippen molar-refractivity contribution in [3.05, 3.63) is 12.3 Å². The molecule has 0 heterocycles. The van der Waals surface area contributed by atoms with Gasteiger partial charge < -0.3 is 4.74 Å². The van der Waals surface area contributed by atoms with Gasteiger partial charge in [-0.05, 0) is 5.92 Å². The van der Waals surface area contributed by atoms with Crippen LogP contribution in [0.25, 0.3) is 0 Å². The summed E-state index contributed by atoms with van der Waals surface area (Å²) in [6, 6.07) is 0. The van der Waals surface area contributed by atoms with Crippen molar-refractivity contribution < 1.29 is 9.53 Å². The lowest BCUT2D eigenvalue weighted by Gasteiger charge is -2.24. The molecule has 0 amide bonds. The summed E-state index contributed by atoms with van der Waals surface area (Å²) in [4.78, 5) is 10.5. The largest absolute Gasteiger partial charge is 0.429 e. The molecule has 0 spiro atoms. The monoisotopic (exact) mass is 210 g/mol. The van der Waals surface area contributed by atoms with Crippen LogP contribution in [0.3, 0.4) is 0 Å². The molecule has 12 heavy (non-hydrogen) atoms. The first-order valence-corrected chi connectivity index (χ1v) is 4.29. The van der Waals surface area contributed by atoms with E-state index in [1.807, 2.05) is 13.8 Å². The highest BCUT2D eigenvalue weighted by Crippen LogP contribution is 2.37. The molecule has 0 rings (SSSR count). The second-order valence-corrected chi connectivity index (χ2v) is 4.18. The minimum atomic E-state index is -1.20. The summed E-state index contributed by atoms with van der Waals surface area (Å²) in [5.74, 6) is -0.452. The fourth-order valence-corrected chi connectivity index (χ4v) is 0.641. The number of hydrogen-bond acceptors (Lipinski definition) is 2. The van der Waals surface area contributed by atoms with E-state index in [1.165, 1.54) is 6.92 Å². The number of carbonyl (C=O) groups is 1. The maximum atomic E-state index is 10.5. The van der Waals surface area contributed by atoms with Crippen LogP contribution in [0.5, 0.6) is 0 Å². The van der Waals surface area contributed by atoms with Crippen LogP contribution >= 0.6 is 23.2 Å². The lowest BCUT2D eigenvalue weighted by molar-refractivity contribution is -0.137. The van der Waals surface area contributed by atoms with Crippen molar-refractivity contribution in [1.29, 1.82) is 0 Å². The van der Waals surface area contributed by atoms with Crippen molar-refractivity contribution in [2.45, 2.75) is 25.1 Å². The van der Waals surface area contributed by atoms with Crippen molar-refractivity contribution >= 4 is 29.2 Å². The molecule has 0 aromatic carbocycles. The number of rotatable bonds is 3. The third-order valence-electron chi connectivity index (χ3n) is 1.36. The third-order valence-corrected chi connectivity index (χ3v) is 2.66. The number of hydrogen-bond donors (Lipinski definition) is 0. The highest BCUT2D eigenvalue weighted by atomic mass is 35.5. The SMILES string of the molecule is C=C(OC(C)=O)C(Cl)(Cl)C(C)C. The minimum absolute atomic E-state index is 0.0623. The molecule has 0 bridgehead atoms. The summed E-state index contributed by atoms with van der Waals surface area (Å²) >= 11 is 11.7. The standard InChI is InChI=1S/C8H12Cl2O2/c1-5(2)8(9,10)6(3)12-7(4)11/h5H,3H2,1-2,4H3. The molecule has 0 N–H and O–H groups in total. The zero-order valence-corrected chi connectivity index (χ0v) is 8.87. The third kappa shape index (κ3) is 3.03. The van der Waals surface area contributed by atoms with Gasteiger partial charge in [0, 0.05) is 6.92 Å². The first-order chi connectivity index (χ1) is 5.28. The summed E-state index contributed by atoms with van der Waals surface area (Å²) in [7, 11) is 0. The molecular formula is C8H12Cl2O2. The Kier molecular flexibility index (Phi) is 4.08. The summed E-state index contributed by atoms with van der Waals surface area (Å²) in [6.45, 7) is 8.38. The molecule has 0 atom stereocenters. The maximum absolute atomic E-state index is 10.5. The normalized spacial score (nSPS) is 11.5. The Morgan fingerprint density at radius 3 is 2.17 bits per heavy atom. The summed E-state index contributed by atoms with van der Waals surface area (Å²) in [6.07, 6.45) is 0. The van der Waals surface area contributed by atoms with Gasteiger partial charge in [0.15, 0.2) is 4.33 Å². The number of carbonyl (C=O) groups excluding carboxylic acids is 1. The molecule has 0 saturated heterocycles. The lowest BCUT2D eigenvalue weighted by Crippen LogP contribution is -2.25. The molecule has 0 aliphatic rings. The number of esters is 1. The first-order valence-electron chi connectivity index (χ1n) is 3.54. The summed E-state index contributed by atoms with van der Waals surface area (Å²) < 4.78 is 3.48. The van der Waals surface area contributed by atoms with E-state index >= 15 is 0 Å². The van der Waals surface area contributed by atoms with Crippen LogP contribution in [0.2, 0.25) is 0 Å². The Morgan fingerprint density at radius 1 is 1.50 bits per heavy atom. The number of halogens is 2. The van der Waals surface area contributed by atoms with Gasteiger partial charge in [0.25, 0.3) is 0 Å². The first kappa shape index (κ1) is 11.8. The maximum Gasteiger partial charge on any atom is 0.307 e. The zero-order valence-electron chi connectivity index (χ0n) is 7.36. The van der Waals surface area contributed by atoms with E-state index < -0.39 is 10.3 Å². The van der Waals surface area contributed by atoms with Gasteiger partial charge in [-0.3, -0.25) is 4.79 Å². The van der Waals surface area contributed by atoms with Crippen molar-refractivity contribution in [2.75, 3.05) is 0 Å². The highest BCUT2D eigenvalue weighted by molar-refractivity contribution is 6.50. The Hall–Kier alpha value is -0.210. The van der Waals surface area contributed by atoms with Crippen molar-refractivity contribution in [2.24, 2.45) is 5.92 Å². The van der Waals surface area contributed by atoms with Crippen molar-refractivity contribution in [1.82, 2.24) is 0 Å². The molecule has 0 aromatic rings. The highest BCUT2D eigenvalue weighted by Gasteiger charge is 2.34. The molecule has 0 radical (unpaired) electrons. The minimum Gasteiger partial charge on any atom is -0.429 e. The van der Waals surface area contributed by atoms with Crippen LogP contribution in [-0.4, -0.2) is 10.3 Å². The van der Waals surface area contributed by atoms with Gasteiger partial charge in [0.1, 0.15) is 5.76 Å². The molecule has 0 aliphatic carbocycles. The molecule has 0 fully saturated rings. The molecule has 0 aliphatic heterocycles. The van der Waals surface area contributed by atoms with Crippen LogP contribution < -0.4 is 0 Å². The van der Waals surface area contributed by atoms with E-state index in [0.717, 1.165) is 0 Å². The second-order valence-electron chi connectivity index (χ2n) is 2.79. The Balaban J connectivity index is 4.36. The van der Waals surface area contributed by atoms with E-state index in [9.17, 15) is 4.79 Å². The number of alkyl halides is 2. The molecule has 70 valence electrons. The Morgan fingerprint density at radius 2 is 1.92 bits per heavy atom. The van der Waals surface area contributed by atoms with Crippen LogP contribution in [-0.2, 0) is 9.53 Å². The number of ether oxygens (including phenoxy) is 1. The van der Waals surface area contributed by atoms with Gasteiger partial charge in [-0.2, -0.15) is 0 Å². The quantitative estimate of drug-likeness (QED) is 0.407. The zero-order chi connectivity index (χ0) is 9.94. The predicted octanol–water partition coefficient (Wildman–Crippen LogP) is 2.89. The van der Waals surface area contributed by atoms with Crippen LogP contribution in [0.1, 0.15) is 20.8 Å². The van der Waals surface area contributed by atoms with Crippen molar-refractivity contribution in [3.8, 4) is 0 Å². The molecule has 0 aromatic heterocycles. The van der Waals surface area contributed by atoms with Gasteiger partial charge in [-0.25, -0.2) is 0 Å². The van der Waals surface area contributed by atoms with Gasteiger partial charge in [0.05, 0.1) is 0 Å². The molecule has 0 saturated carbocycles.